The minimum Gasteiger partial charge on any atom is -0.368 e. The molecule has 2 rings (SSSR count). The third kappa shape index (κ3) is 2.48. The number of unbranched alkanes of at least 4 members (excludes halogenated alkanes) is 1. The molecule has 0 radical (unpaired) electrons. The molecule has 0 amide bonds. The highest BCUT2D eigenvalue weighted by Gasteiger charge is 2.00. The van der Waals surface area contributed by atoms with Crippen LogP contribution < -0.4 is 5.73 Å². The van der Waals surface area contributed by atoms with Crippen LogP contribution in [0.5, 0.6) is 0 Å². The number of aryl methyl sites for hydroxylation is 1. The van der Waals surface area contributed by atoms with Gasteiger partial charge in [0.25, 0.3) is 0 Å². The zero-order chi connectivity index (χ0) is 11.4. The fourth-order valence-corrected chi connectivity index (χ4v) is 1.76. The second kappa shape index (κ2) is 4.93. The maximum Gasteiger partial charge on any atom is 0.220 e. The molecular weight excluding hydrogens is 224 g/mol. The van der Waals surface area contributed by atoms with Crippen LogP contribution in [-0.4, -0.2) is 24.3 Å². The van der Waals surface area contributed by atoms with Crippen LogP contribution in [-0.2, 0) is 13.1 Å². The number of rotatable bonds is 5. The predicted molar refractivity (Wildman–Crippen MR) is 63.3 cm³/mol. The molecule has 0 saturated carbocycles. The van der Waals surface area contributed by atoms with Gasteiger partial charge in [-0.25, -0.2) is 10.1 Å². The van der Waals surface area contributed by atoms with Crippen LogP contribution in [0.2, 0.25) is 0 Å². The molecule has 0 aliphatic heterocycles. The van der Waals surface area contributed by atoms with Crippen LogP contribution in [0.4, 0.5) is 5.95 Å². The Balaban J connectivity index is 1.78. The number of aromatic amines is 1. The van der Waals surface area contributed by atoms with Crippen LogP contribution in [0.25, 0.3) is 0 Å². The summed E-state index contributed by atoms with van der Waals surface area (Å²) in [6, 6.07) is 0. The quantitative estimate of drug-likeness (QED) is 0.606. The van der Waals surface area contributed by atoms with Crippen molar-refractivity contribution >= 4 is 18.2 Å². The monoisotopic (exact) mass is 238 g/mol. The summed E-state index contributed by atoms with van der Waals surface area (Å²) in [7, 11) is 0. The molecule has 0 saturated heterocycles. The van der Waals surface area contributed by atoms with Gasteiger partial charge in [0.15, 0.2) is 4.77 Å². The topological polar surface area (TPSA) is 77.5 Å². The minimum absolute atomic E-state index is 0.452. The molecule has 0 fully saturated rings. The first-order chi connectivity index (χ1) is 7.77. The van der Waals surface area contributed by atoms with E-state index in [1.54, 1.807) is 6.20 Å². The average molecular weight is 238 g/mol. The zero-order valence-corrected chi connectivity index (χ0v) is 9.65. The number of hydrogen-bond acceptors (Lipinski definition) is 4. The number of nitrogens with one attached hydrogen (secondary N) is 1. The van der Waals surface area contributed by atoms with Gasteiger partial charge in [-0.3, -0.25) is 4.57 Å². The van der Waals surface area contributed by atoms with Crippen molar-refractivity contribution in [3.05, 3.63) is 23.5 Å². The first-order valence-electron chi connectivity index (χ1n) is 5.14. The first-order valence-corrected chi connectivity index (χ1v) is 5.54. The molecule has 0 atom stereocenters. The van der Waals surface area contributed by atoms with Gasteiger partial charge in [-0.1, -0.05) is 0 Å². The standard InChI is InChI=1S/C9H14N6S/c10-8-12-13-9(16)15(8)5-2-1-4-14-6-3-11-7-14/h3,6-7H,1-2,4-5H2,(H2,10,12)(H,13,16). The van der Waals surface area contributed by atoms with Gasteiger partial charge >= 0.3 is 0 Å². The smallest absolute Gasteiger partial charge is 0.220 e. The summed E-state index contributed by atoms with van der Waals surface area (Å²) >= 11 is 5.05. The van der Waals surface area contributed by atoms with E-state index in [0.29, 0.717) is 10.7 Å². The van der Waals surface area contributed by atoms with E-state index in [1.807, 2.05) is 17.1 Å². The Labute approximate surface area is 98.1 Å². The molecule has 0 unspecified atom stereocenters. The molecule has 6 nitrogen and oxygen atoms in total. The Kier molecular flexibility index (Phi) is 3.35. The molecule has 3 N–H and O–H groups in total. The summed E-state index contributed by atoms with van der Waals surface area (Å²) in [5.74, 6) is 0.452. The van der Waals surface area contributed by atoms with Crippen molar-refractivity contribution in [2.45, 2.75) is 25.9 Å². The number of imidazole rings is 1. The average Bonchev–Trinajstić information content (AvgIpc) is 2.87. The van der Waals surface area contributed by atoms with Crippen molar-refractivity contribution in [3.63, 3.8) is 0 Å². The fourth-order valence-electron chi connectivity index (χ4n) is 1.53. The summed E-state index contributed by atoms with van der Waals surface area (Å²) in [6.45, 7) is 1.76. The summed E-state index contributed by atoms with van der Waals surface area (Å²) in [6.07, 6.45) is 7.62. The maximum atomic E-state index is 5.66. The van der Waals surface area contributed by atoms with E-state index >= 15 is 0 Å². The van der Waals surface area contributed by atoms with Gasteiger partial charge in [0.1, 0.15) is 0 Å². The second-order valence-electron chi connectivity index (χ2n) is 3.55. The summed E-state index contributed by atoms with van der Waals surface area (Å²) < 4.78 is 4.45. The molecule has 2 aromatic rings. The Bertz CT molecular complexity index is 482. The number of nitrogens with zero attached hydrogens (tertiary/aromatic N) is 4. The van der Waals surface area contributed by atoms with E-state index in [9.17, 15) is 0 Å². The van der Waals surface area contributed by atoms with Gasteiger partial charge in [0, 0.05) is 25.5 Å². The SMILES string of the molecule is Nc1n[nH]c(=S)n1CCCCn1ccnc1. The van der Waals surface area contributed by atoms with Crippen molar-refractivity contribution in [2.75, 3.05) is 5.73 Å². The van der Waals surface area contributed by atoms with E-state index in [-0.39, 0.29) is 0 Å². The number of nitrogens with two attached hydrogens (primary N) is 1. The van der Waals surface area contributed by atoms with Crippen LogP contribution in [0.1, 0.15) is 12.8 Å². The zero-order valence-electron chi connectivity index (χ0n) is 8.83. The molecule has 16 heavy (non-hydrogen) atoms. The molecular formula is C9H14N6S. The number of hydrogen-bond donors (Lipinski definition) is 2. The summed E-state index contributed by atoms with van der Waals surface area (Å²) in [5, 5.41) is 6.52. The molecule has 0 aliphatic carbocycles. The van der Waals surface area contributed by atoms with Crippen LogP contribution in [0.3, 0.4) is 0 Å². The lowest BCUT2D eigenvalue weighted by atomic mass is 10.3. The van der Waals surface area contributed by atoms with Gasteiger partial charge in [-0.15, -0.1) is 5.10 Å². The normalized spacial score (nSPS) is 10.8. The molecule has 0 aromatic carbocycles. The molecule has 0 aliphatic rings. The maximum absolute atomic E-state index is 5.66. The molecule has 2 aromatic heterocycles. The highest BCUT2D eigenvalue weighted by Crippen LogP contribution is 2.03. The lowest BCUT2D eigenvalue weighted by Crippen LogP contribution is -2.05. The van der Waals surface area contributed by atoms with Gasteiger partial charge in [0.05, 0.1) is 6.33 Å². The Hall–Kier alpha value is -1.63. The van der Waals surface area contributed by atoms with Gasteiger partial charge in [-0.2, -0.15) is 0 Å². The van der Waals surface area contributed by atoms with E-state index in [0.717, 1.165) is 25.9 Å². The Morgan fingerprint density at radius 2 is 2.19 bits per heavy atom. The lowest BCUT2D eigenvalue weighted by molar-refractivity contribution is 0.552. The molecule has 0 spiro atoms. The fraction of sp³-hybridized carbons (Fsp3) is 0.444. The number of anilines is 1. The number of H-pyrrole nitrogens is 1. The third-order valence-corrected chi connectivity index (χ3v) is 2.71. The highest BCUT2D eigenvalue weighted by molar-refractivity contribution is 7.71. The third-order valence-electron chi connectivity index (χ3n) is 2.40. The van der Waals surface area contributed by atoms with Gasteiger partial charge < -0.3 is 10.3 Å². The predicted octanol–water partition coefficient (Wildman–Crippen LogP) is 1.20. The van der Waals surface area contributed by atoms with Crippen molar-refractivity contribution in [2.24, 2.45) is 0 Å². The van der Waals surface area contributed by atoms with Gasteiger partial charge in [0.2, 0.25) is 5.95 Å². The summed E-state index contributed by atoms with van der Waals surface area (Å²) in [5.41, 5.74) is 5.66. The molecule has 0 bridgehead atoms. The largest absolute Gasteiger partial charge is 0.368 e. The molecule has 86 valence electrons. The Morgan fingerprint density at radius 3 is 2.81 bits per heavy atom. The first kappa shape index (κ1) is 10.9. The molecule has 7 heteroatoms. The number of aromatic nitrogens is 5. The van der Waals surface area contributed by atoms with Crippen LogP contribution in [0.15, 0.2) is 18.7 Å². The Morgan fingerprint density at radius 1 is 1.38 bits per heavy atom. The van der Waals surface area contributed by atoms with E-state index in [4.69, 9.17) is 18.0 Å². The second-order valence-corrected chi connectivity index (χ2v) is 3.93. The van der Waals surface area contributed by atoms with E-state index < -0.39 is 0 Å². The van der Waals surface area contributed by atoms with Gasteiger partial charge in [-0.05, 0) is 25.1 Å². The highest BCUT2D eigenvalue weighted by atomic mass is 32.1. The van der Waals surface area contributed by atoms with Crippen molar-refractivity contribution in [3.8, 4) is 0 Å². The van der Waals surface area contributed by atoms with Crippen molar-refractivity contribution in [1.29, 1.82) is 0 Å². The molecule has 2 heterocycles. The summed E-state index contributed by atoms with van der Waals surface area (Å²) in [4.78, 5) is 3.99. The van der Waals surface area contributed by atoms with E-state index in [2.05, 4.69) is 19.7 Å². The van der Waals surface area contributed by atoms with Crippen LogP contribution in [0, 0.1) is 4.77 Å². The minimum atomic E-state index is 0.452. The van der Waals surface area contributed by atoms with Crippen molar-refractivity contribution in [1.82, 2.24) is 24.3 Å². The van der Waals surface area contributed by atoms with Crippen LogP contribution >= 0.6 is 12.2 Å². The van der Waals surface area contributed by atoms with Crippen molar-refractivity contribution < 1.29 is 0 Å². The lowest BCUT2D eigenvalue weighted by Gasteiger charge is -2.04. The number of nitrogen functional groups attached to an aromatic ring is 1. The van der Waals surface area contributed by atoms with E-state index in [1.165, 1.54) is 0 Å².